The Morgan fingerprint density at radius 1 is 1.35 bits per heavy atom. The first kappa shape index (κ1) is 16.0. The van der Waals surface area contributed by atoms with E-state index in [0.717, 1.165) is 0 Å². The minimum atomic E-state index is -3.58. The Morgan fingerprint density at radius 2 is 2.00 bits per heavy atom. The molecule has 0 bridgehead atoms. The predicted molar refractivity (Wildman–Crippen MR) is 72.8 cm³/mol. The van der Waals surface area contributed by atoms with Gasteiger partial charge in [-0.05, 0) is 31.2 Å². The van der Waals surface area contributed by atoms with Crippen LogP contribution in [-0.4, -0.2) is 32.6 Å². The number of nitrogens with one attached hydrogen (secondary N) is 1. The normalized spacial score (nSPS) is 10.4. The first-order valence-corrected chi connectivity index (χ1v) is 7.28. The average molecular weight is 297 g/mol. The third kappa shape index (κ3) is 5.30. The number of carbonyl (C=O) groups is 1. The summed E-state index contributed by atoms with van der Waals surface area (Å²) in [6.07, 6.45) is 0.440. The molecule has 0 amide bonds. The summed E-state index contributed by atoms with van der Waals surface area (Å²) in [5.74, 6) is 4.63. The summed E-state index contributed by atoms with van der Waals surface area (Å²) in [5.41, 5.74) is 0. The van der Waals surface area contributed by atoms with Crippen molar-refractivity contribution in [2.24, 2.45) is 0 Å². The van der Waals surface area contributed by atoms with E-state index in [1.54, 1.807) is 6.92 Å². The standard InChI is InChI=1S/C13H15NO5S/c1-2-3-4-9-14-20(17,18)12-7-5-11(6-8-12)19-10-13(15)16/h5-8,14H,4,9-10H2,1H3,(H,15,16). The van der Waals surface area contributed by atoms with Crippen LogP contribution < -0.4 is 9.46 Å². The summed E-state index contributed by atoms with van der Waals surface area (Å²) >= 11 is 0. The molecule has 0 atom stereocenters. The zero-order valence-electron chi connectivity index (χ0n) is 10.9. The van der Waals surface area contributed by atoms with Gasteiger partial charge >= 0.3 is 5.97 Å². The van der Waals surface area contributed by atoms with E-state index in [2.05, 4.69) is 16.6 Å². The van der Waals surface area contributed by atoms with Crippen molar-refractivity contribution in [3.8, 4) is 17.6 Å². The van der Waals surface area contributed by atoms with Crippen LogP contribution in [0.5, 0.6) is 5.75 Å². The highest BCUT2D eigenvalue weighted by Crippen LogP contribution is 2.15. The van der Waals surface area contributed by atoms with E-state index >= 15 is 0 Å². The Balaban J connectivity index is 2.65. The van der Waals surface area contributed by atoms with E-state index in [1.807, 2.05) is 0 Å². The fourth-order valence-electron chi connectivity index (χ4n) is 1.32. The molecular formula is C13H15NO5S. The van der Waals surface area contributed by atoms with Gasteiger partial charge in [0.05, 0.1) is 4.90 Å². The van der Waals surface area contributed by atoms with E-state index in [9.17, 15) is 13.2 Å². The monoisotopic (exact) mass is 297 g/mol. The van der Waals surface area contributed by atoms with Gasteiger partial charge in [0.15, 0.2) is 6.61 Å². The quantitative estimate of drug-likeness (QED) is 0.575. The number of hydrogen-bond acceptors (Lipinski definition) is 4. The number of hydrogen-bond donors (Lipinski definition) is 2. The van der Waals surface area contributed by atoms with Gasteiger partial charge in [-0.15, -0.1) is 11.8 Å². The minimum absolute atomic E-state index is 0.0876. The molecule has 7 heteroatoms. The number of ether oxygens (including phenoxy) is 1. The van der Waals surface area contributed by atoms with Gasteiger partial charge in [-0.25, -0.2) is 17.9 Å². The van der Waals surface area contributed by atoms with Crippen molar-refractivity contribution < 1.29 is 23.1 Å². The SMILES string of the molecule is CC#CCCNS(=O)(=O)c1ccc(OCC(=O)O)cc1. The maximum Gasteiger partial charge on any atom is 0.341 e. The number of sulfonamides is 1. The van der Waals surface area contributed by atoms with Crippen molar-refractivity contribution in [2.45, 2.75) is 18.2 Å². The maximum absolute atomic E-state index is 11.9. The van der Waals surface area contributed by atoms with Gasteiger partial charge in [-0.2, -0.15) is 0 Å². The van der Waals surface area contributed by atoms with Crippen LogP contribution in [-0.2, 0) is 14.8 Å². The van der Waals surface area contributed by atoms with Gasteiger partial charge < -0.3 is 9.84 Å². The number of carboxylic acid groups (broad SMARTS) is 1. The number of benzene rings is 1. The van der Waals surface area contributed by atoms with E-state index < -0.39 is 22.6 Å². The Morgan fingerprint density at radius 3 is 2.55 bits per heavy atom. The molecule has 0 aliphatic rings. The van der Waals surface area contributed by atoms with Gasteiger partial charge in [0, 0.05) is 13.0 Å². The molecule has 108 valence electrons. The van der Waals surface area contributed by atoms with Gasteiger partial charge in [0.2, 0.25) is 10.0 Å². The minimum Gasteiger partial charge on any atom is -0.482 e. The predicted octanol–water partition coefficient (Wildman–Crippen LogP) is 0.842. The van der Waals surface area contributed by atoms with Gasteiger partial charge in [0.1, 0.15) is 5.75 Å². The molecule has 2 N–H and O–H groups in total. The van der Waals surface area contributed by atoms with Crippen molar-refractivity contribution in [2.75, 3.05) is 13.2 Å². The van der Waals surface area contributed by atoms with Crippen molar-refractivity contribution in [3.63, 3.8) is 0 Å². The molecular weight excluding hydrogens is 282 g/mol. The zero-order chi connectivity index (χ0) is 15.0. The van der Waals surface area contributed by atoms with Crippen molar-refractivity contribution in [3.05, 3.63) is 24.3 Å². The molecule has 20 heavy (non-hydrogen) atoms. The first-order valence-electron chi connectivity index (χ1n) is 5.79. The lowest BCUT2D eigenvalue weighted by molar-refractivity contribution is -0.139. The van der Waals surface area contributed by atoms with Crippen LogP contribution in [0.3, 0.4) is 0 Å². The number of carboxylic acids is 1. The smallest absolute Gasteiger partial charge is 0.341 e. The van der Waals surface area contributed by atoms with Crippen LogP contribution in [0.1, 0.15) is 13.3 Å². The maximum atomic E-state index is 11.9. The lowest BCUT2D eigenvalue weighted by Crippen LogP contribution is -2.24. The van der Waals surface area contributed by atoms with Crippen molar-refractivity contribution in [1.82, 2.24) is 4.72 Å². The fraction of sp³-hybridized carbons (Fsp3) is 0.308. The molecule has 0 fully saturated rings. The highest BCUT2D eigenvalue weighted by molar-refractivity contribution is 7.89. The highest BCUT2D eigenvalue weighted by Gasteiger charge is 2.12. The molecule has 0 radical (unpaired) electrons. The third-order valence-electron chi connectivity index (χ3n) is 2.22. The second kappa shape index (κ2) is 7.53. The van der Waals surface area contributed by atoms with Crippen LogP contribution in [0.25, 0.3) is 0 Å². The molecule has 6 nitrogen and oxygen atoms in total. The van der Waals surface area contributed by atoms with E-state index in [4.69, 9.17) is 9.84 Å². The first-order chi connectivity index (χ1) is 9.45. The van der Waals surface area contributed by atoms with Crippen molar-refractivity contribution >= 4 is 16.0 Å². The summed E-state index contributed by atoms with van der Waals surface area (Å²) < 4.78 is 31.1. The lowest BCUT2D eigenvalue weighted by atomic mass is 10.3. The molecule has 0 heterocycles. The lowest BCUT2D eigenvalue weighted by Gasteiger charge is -2.07. The molecule has 1 aromatic carbocycles. The summed E-state index contributed by atoms with van der Waals surface area (Å²) in [6.45, 7) is 1.45. The summed E-state index contributed by atoms with van der Waals surface area (Å²) in [5, 5.41) is 8.46. The molecule has 0 spiro atoms. The molecule has 0 aliphatic carbocycles. The molecule has 0 unspecified atom stereocenters. The van der Waals surface area contributed by atoms with E-state index in [-0.39, 0.29) is 11.4 Å². The molecule has 0 aliphatic heterocycles. The summed E-state index contributed by atoms with van der Waals surface area (Å²) in [4.78, 5) is 10.4. The fourth-order valence-corrected chi connectivity index (χ4v) is 2.35. The third-order valence-corrected chi connectivity index (χ3v) is 3.69. The van der Waals surface area contributed by atoms with Crippen LogP contribution in [0, 0.1) is 11.8 Å². The van der Waals surface area contributed by atoms with Gasteiger partial charge in [0.25, 0.3) is 0 Å². The van der Waals surface area contributed by atoms with Crippen LogP contribution in [0.15, 0.2) is 29.2 Å². The van der Waals surface area contributed by atoms with E-state index in [1.165, 1.54) is 24.3 Å². The molecule has 1 aromatic rings. The Bertz CT molecular complexity index is 610. The van der Waals surface area contributed by atoms with Crippen LogP contribution in [0.4, 0.5) is 0 Å². The molecule has 0 aromatic heterocycles. The molecule has 0 saturated heterocycles. The topological polar surface area (TPSA) is 92.7 Å². The number of aliphatic carboxylic acids is 1. The Labute approximate surface area is 117 Å². The van der Waals surface area contributed by atoms with Crippen molar-refractivity contribution in [1.29, 1.82) is 0 Å². The van der Waals surface area contributed by atoms with Gasteiger partial charge in [-0.3, -0.25) is 0 Å². The highest BCUT2D eigenvalue weighted by atomic mass is 32.2. The van der Waals surface area contributed by atoms with E-state index in [0.29, 0.717) is 12.2 Å². The summed E-state index contributed by atoms with van der Waals surface area (Å²) in [7, 11) is -3.58. The average Bonchev–Trinajstić information content (AvgIpc) is 2.42. The summed E-state index contributed by atoms with van der Waals surface area (Å²) in [6, 6.07) is 5.52. The van der Waals surface area contributed by atoms with Crippen LogP contribution >= 0.6 is 0 Å². The Kier molecular flexibility index (Phi) is 6.03. The van der Waals surface area contributed by atoms with Crippen LogP contribution in [0.2, 0.25) is 0 Å². The molecule has 0 saturated carbocycles. The second-order valence-electron chi connectivity index (χ2n) is 3.73. The second-order valence-corrected chi connectivity index (χ2v) is 5.50. The largest absolute Gasteiger partial charge is 0.482 e. The number of rotatable bonds is 7. The molecule has 1 rings (SSSR count). The van der Waals surface area contributed by atoms with Gasteiger partial charge in [-0.1, -0.05) is 0 Å². The Hall–Kier alpha value is -2.04. The zero-order valence-corrected chi connectivity index (χ0v) is 11.7.